The molecule has 0 aromatic carbocycles. The first-order valence-corrected chi connectivity index (χ1v) is 12.4. The van der Waals surface area contributed by atoms with E-state index in [1.807, 2.05) is 20.8 Å². The second-order valence-corrected chi connectivity index (χ2v) is 11.2. The van der Waals surface area contributed by atoms with Gasteiger partial charge in [-0.2, -0.15) is 18.3 Å². The number of halogens is 3. The maximum Gasteiger partial charge on any atom is 0.435 e. The van der Waals surface area contributed by atoms with E-state index in [4.69, 9.17) is 0 Å². The topological polar surface area (TPSA) is 44.1 Å². The third kappa shape index (κ3) is 4.35. The number of nitrogens with zero attached hydrogens (tertiary/aromatic N) is 3. The molecule has 1 aromatic rings. The molecule has 1 aliphatic heterocycles. The predicted molar refractivity (Wildman–Crippen MR) is 108 cm³/mol. The third-order valence-electron chi connectivity index (χ3n) is 7.12. The Kier molecular flexibility index (Phi) is 5.99. The Morgan fingerprint density at radius 1 is 1.28 bits per heavy atom. The van der Waals surface area contributed by atoms with E-state index in [-0.39, 0.29) is 12.0 Å². The number of piperidine rings is 1. The minimum Gasteiger partial charge on any atom is -0.616 e. The monoisotopic (exact) mass is 431 g/mol. The lowest BCUT2D eigenvalue weighted by Gasteiger charge is -2.37. The number of aromatic nitrogens is 2. The Bertz CT molecular complexity index is 711. The van der Waals surface area contributed by atoms with E-state index in [0.29, 0.717) is 23.8 Å². The molecule has 4 nitrogen and oxygen atoms in total. The molecule has 8 heteroatoms. The summed E-state index contributed by atoms with van der Waals surface area (Å²) in [4.78, 5) is 2.57. The van der Waals surface area contributed by atoms with Crippen molar-refractivity contribution in [3.8, 4) is 0 Å². The highest BCUT2D eigenvalue weighted by atomic mass is 32.2. The van der Waals surface area contributed by atoms with Crippen LogP contribution >= 0.6 is 0 Å². The molecule has 4 unspecified atom stereocenters. The van der Waals surface area contributed by atoms with Crippen molar-refractivity contribution < 1.29 is 17.7 Å². The third-order valence-corrected chi connectivity index (χ3v) is 8.60. The largest absolute Gasteiger partial charge is 0.616 e. The van der Waals surface area contributed by atoms with Crippen LogP contribution in [0.3, 0.4) is 0 Å². The van der Waals surface area contributed by atoms with Gasteiger partial charge in [0.15, 0.2) is 5.69 Å². The summed E-state index contributed by atoms with van der Waals surface area (Å²) in [5, 5.41) is 3.88. The Morgan fingerprint density at radius 3 is 2.55 bits per heavy atom. The van der Waals surface area contributed by atoms with Gasteiger partial charge in [0.05, 0.1) is 0 Å². The van der Waals surface area contributed by atoms with Crippen molar-refractivity contribution in [3.05, 3.63) is 17.5 Å². The van der Waals surface area contributed by atoms with Crippen LogP contribution in [0.2, 0.25) is 0 Å². The highest BCUT2D eigenvalue weighted by molar-refractivity contribution is 7.91. The summed E-state index contributed by atoms with van der Waals surface area (Å²) in [6, 6.07) is 1.76. The number of hydrogen-bond donors (Lipinski definition) is 0. The van der Waals surface area contributed by atoms with Gasteiger partial charge in [-0.15, -0.1) is 0 Å². The van der Waals surface area contributed by atoms with Crippen LogP contribution in [-0.2, 0) is 17.4 Å². The number of alkyl halides is 3. The zero-order valence-corrected chi connectivity index (χ0v) is 18.3. The van der Waals surface area contributed by atoms with Crippen molar-refractivity contribution in [2.75, 3.05) is 24.6 Å². The molecule has 0 amide bonds. The van der Waals surface area contributed by atoms with Gasteiger partial charge in [0, 0.05) is 36.2 Å². The molecular weight excluding hydrogens is 399 g/mol. The maximum absolute atomic E-state index is 13.2. The summed E-state index contributed by atoms with van der Waals surface area (Å²) in [7, 11) is 0. The lowest BCUT2D eigenvalue weighted by atomic mass is 9.95. The minimum absolute atomic E-state index is 0.0690. The Labute approximate surface area is 174 Å². The highest BCUT2D eigenvalue weighted by Crippen LogP contribution is 2.64. The first-order chi connectivity index (χ1) is 13.7. The van der Waals surface area contributed by atoms with Crippen LogP contribution in [0.1, 0.15) is 69.8 Å². The molecule has 3 fully saturated rings. The molecule has 164 valence electrons. The summed E-state index contributed by atoms with van der Waals surface area (Å²) >= 11 is -0.710. The van der Waals surface area contributed by atoms with Gasteiger partial charge in [-0.05, 0) is 70.9 Å². The molecule has 4 atom stereocenters. The van der Waals surface area contributed by atoms with Gasteiger partial charge in [0.25, 0.3) is 0 Å². The van der Waals surface area contributed by atoms with Crippen LogP contribution in [0, 0.1) is 17.8 Å². The normalized spacial score (nSPS) is 33.9. The van der Waals surface area contributed by atoms with Crippen LogP contribution in [0.25, 0.3) is 0 Å². The van der Waals surface area contributed by atoms with Crippen molar-refractivity contribution in [3.63, 3.8) is 0 Å². The Morgan fingerprint density at radius 2 is 1.97 bits per heavy atom. The van der Waals surface area contributed by atoms with Crippen LogP contribution in [0.15, 0.2) is 6.07 Å². The first kappa shape index (κ1) is 21.5. The first-order valence-electron chi connectivity index (χ1n) is 10.9. The molecule has 0 spiro atoms. The molecule has 3 aliphatic rings. The second-order valence-electron chi connectivity index (χ2n) is 9.37. The van der Waals surface area contributed by atoms with E-state index in [2.05, 4.69) is 10.00 Å². The molecule has 2 saturated carbocycles. The number of likely N-dealkylation sites (tertiary alicyclic amines) is 1. The van der Waals surface area contributed by atoms with Crippen molar-refractivity contribution >= 4 is 11.2 Å². The lowest BCUT2D eigenvalue weighted by Crippen LogP contribution is -2.44. The maximum atomic E-state index is 13.2. The molecule has 2 aliphatic carbocycles. The molecule has 1 aromatic heterocycles. The summed E-state index contributed by atoms with van der Waals surface area (Å²) in [5.74, 6) is 3.26. The Balaban J connectivity index is 1.39. The molecule has 29 heavy (non-hydrogen) atoms. The fraction of sp³-hybridized carbons (Fsp3) is 0.857. The van der Waals surface area contributed by atoms with E-state index in [0.717, 1.165) is 56.0 Å². The van der Waals surface area contributed by atoms with E-state index in [1.54, 1.807) is 4.68 Å². The average Bonchev–Trinajstić information content (AvgIpc) is 3.04. The highest BCUT2D eigenvalue weighted by Gasteiger charge is 2.59. The molecule has 4 rings (SSSR count). The van der Waals surface area contributed by atoms with Crippen LogP contribution < -0.4 is 0 Å². The number of fused-ring (bicyclic) bond motifs is 1. The number of rotatable bonds is 6. The van der Waals surface area contributed by atoms with Gasteiger partial charge in [-0.25, -0.2) is 0 Å². The molecule has 0 radical (unpaired) electrons. The van der Waals surface area contributed by atoms with Crippen molar-refractivity contribution in [2.45, 2.75) is 70.6 Å². The molecule has 2 heterocycles. The van der Waals surface area contributed by atoms with Crippen LogP contribution in [0.4, 0.5) is 13.2 Å². The fourth-order valence-corrected chi connectivity index (χ4v) is 6.74. The molecular formula is C21H32F3N3OS. The second kappa shape index (κ2) is 8.08. The fourth-order valence-electron chi connectivity index (χ4n) is 5.70. The van der Waals surface area contributed by atoms with Gasteiger partial charge >= 0.3 is 6.18 Å². The SMILES string of the molecule is CC[S+]([O-])CC1CCCN(C2CC3C(C2)C3c2cc(C(F)(F)F)nn2C(C)C)C1. The quantitative estimate of drug-likeness (QED) is 0.625. The van der Waals surface area contributed by atoms with Crippen molar-refractivity contribution in [2.24, 2.45) is 17.8 Å². The van der Waals surface area contributed by atoms with Gasteiger partial charge in [0.2, 0.25) is 0 Å². The van der Waals surface area contributed by atoms with E-state index >= 15 is 0 Å². The van der Waals surface area contributed by atoms with Gasteiger partial charge in [-0.1, -0.05) is 11.2 Å². The van der Waals surface area contributed by atoms with Gasteiger partial charge in [-0.3, -0.25) is 9.58 Å². The van der Waals surface area contributed by atoms with Crippen LogP contribution in [-0.4, -0.2) is 49.9 Å². The van der Waals surface area contributed by atoms with Crippen molar-refractivity contribution in [1.29, 1.82) is 0 Å². The van der Waals surface area contributed by atoms with E-state index < -0.39 is 23.0 Å². The zero-order valence-electron chi connectivity index (χ0n) is 17.5. The zero-order chi connectivity index (χ0) is 20.9. The van der Waals surface area contributed by atoms with E-state index in [1.165, 1.54) is 6.07 Å². The summed E-state index contributed by atoms with van der Waals surface area (Å²) < 4.78 is 53.0. The average molecular weight is 432 g/mol. The summed E-state index contributed by atoms with van der Waals surface area (Å²) in [6.07, 6.45) is 0.0873. The summed E-state index contributed by atoms with van der Waals surface area (Å²) in [6.45, 7) is 7.90. The smallest absolute Gasteiger partial charge is 0.435 e. The molecule has 0 N–H and O–H groups in total. The van der Waals surface area contributed by atoms with Crippen LogP contribution in [0.5, 0.6) is 0 Å². The van der Waals surface area contributed by atoms with Gasteiger partial charge < -0.3 is 4.55 Å². The summed E-state index contributed by atoms with van der Waals surface area (Å²) in [5.41, 5.74) is 0.0150. The van der Waals surface area contributed by atoms with Gasteiger partial charge in [0.1, 0.15) is 11.5 Å². The minimum atomic E-state index is -4.39. The number of hydrogen-bond acceptors (Lipinski definition) is 3. The molecule has 1 saturated heterocycles. The van der Waals surface area contributed by atoms with Crippen molar-refractivity contribution in [1.82, 2.24) is 14.7 Å². The Hall–Kier alpha value is -0.730. The van der Waals surface area contributed by atoms with E-state index in [9.17, 15) is 17.7 Å². The lowest BCUT2D eigenvalue weighted by molar-refractivity contribution is -0.141. The predicted octanol–water partition coefficient (Wildman–Crippen LogP) is 4.46. The molecule has 0 bridgehead atoms. The standard InChI is InChI=1S/C21H32F3N3OS/c1-4-29(28)12-14-6-5-7-26(11-14)15-8-16-17(9-15)20(16)18-10-19(21(22,23)24)25-27(18)13(2)3/h10,13-17,20H,4-9,11-12H2,1-3H3.